The molecule has 3 heteroatoms. The number of likely N-dealkylation sites (tertiary alicyclic amines) is 1. The van der Waals surface area contributed by atoms with Gasteiger partial charge in [0.2, 0.25) is 0 Å². The highest BCUT2D eigenvalue weighted by molar-refractivity contribution is 6.87. The van der Waals surface area contributed by atoms with Crippen molar-refractivity contribution in [2.75, 3.05) is 13.1 Å². The van der Waals surface area contributed by atoms with E-state index in [2.05, 4.69) is 219 Å². The summed E-state index contributed by atoms with van der Waals surface area (Å²) in [5.41, 5.74) is 5.35. The summed E-state index contributed by atoms with van der Waals surface area (Å²) < 4.78 is 0. The number of hydrogen-bond donors (Lipinski definition) is 0. The number of Topliss-reactive ketones (excluding diaryl/α,β-unsaturated/α-hetero) is 1. The molecule has 1 heterocycles. The zero-order chi connectivity index (χ0) is 42.8. The Balaban J connectivity index is 2.70. The van der Waals surface area contributed by atoms with E-state index in [1.165, 1.54) is 5.56 Å². The Labute approximate surface area is 339 Å². The molecular weight excluding hydrogens is 671 g/mol. The second-order valence-corrected chi connectivity index (χ2v) is 29.0. The second-order valence-electron chi connectivity index (χ2n) is 24.3. The number of carbonyl (C=O) groups excluding carboxylic acids is 1. The van der Waals surface area contributed by atoms with Crippen molar-refractivity contribution in [3.8, 4) is 11.5 Å². The molecule has 2 nitrogen and oxygen atoms in total. The first-order valence-corrected chi connectivity index (χ1v) is 24.6. The minimum atomic E-state index is -2.22. The molecule has 1 aromatic carbocycles. The Morgan fingerprint density at radius 1 is 0.556 bits per heavy atom. The van der Waals surface area contributed by atoms with Gasteiger partial charge in [-0.1, -0.05) is 215 Å². The van der Waals surface area contributed by atoms with Gasteiger partial charge in [0.15, 0.2) is 0 Å². The summed E-state index contributed by atoms with van der Waals surface area (Å²) in [4.78, 5) is 14.7. The first kappa shape index (κ1) is 48.8. The Hall–Kier alpha value is -1.37. The van der Waals surface area contributed by atoms with Crippen LogP contribution >= 0.6 is 0 Å². The SMILES string of the molecule is CCC(C)(C)C(C)(C)C(C)(C)C(C)(C)C(C)(C)C(C)(C)C(C)(C)C(C)(C)C(C)(C)C(C)(C)C(C)(C)[Si](C)(C)C#CC(c1ccccc1)N1CCC(=O)CC1. The van der Waals surface area contributed by atoms with Crippen LogP contribution in [0.5, 0.6) is 0 Å². The summed E-state index contributed by atoms with van der Waals surface area (Å²) in [6, 6.07) is 10.8. The number of nitrogens with zero attached hydrogens (tertiary/aromatic N) is 1. The predicted molar refractivity (Wildman–Crippen MR) is 242 cm³/mol. The molecule has 1 unspecified atom stereocenters. The topological polar surface area (TPSA) is 20.3 Å². The van der Waals surface area contributed by atoms with Crippen LogP contribution in [0.3, 0.4) is 0 Å². The van der Waals surface area contributed by atoms with Crippen molar-refractivity contribution >= 4 is 13.9 Å². The van der Waals surface area contributed by atoms with Gasteiger partial charge in [-0.2, -0.15) is 0 Å². The van der Waals surface area contributed by atoms with Gasteiger partial charge in [-0.05, 0) is 64.8 Å². The lowest BCUT2D eigenvalue weighted by molar-refractivity contribution is -0.234. The Bertz CT molecular complexity index is 1520. The van der Waals surface area contributed by atoms with Gasteiger partial charge in [-0.15, -0.1) is 5.54 Å². The van der Waals surface area contributed by atoms with E-state index in [1.807, 2.05) is 0 Å². The van der Waals surface area contributed by atoms with E-state index in [1.54, 1.807) is 0 Å². The molecular formula is C51H91NOSi. The van der Waals surface area contributed by atoms with Crippen LogP contribution < -0.4 is 0 Å². The van der Waals surface area contributed by atoms with Gasteiger partial charge in [0.05, 0.1) is 6.04 Å². The molecule has 1 aliphatic rings. The van der Waals surface area contributed by atoms with Crippen molar-refractivity contribution in [3.63, 3.8) is 0 Å². The molecule has 54 heavy (non-hydrogen) atoms. The molecule has 1 atom stereocenters. The van der Waals surface area contributed by atoms with Gasteiger partial charge in [0, 0.05) is 25.9 Å². The molecule has 310 valence electrons. The highest BCUT2D eigenvalue weighted by Gasteiger charge is 2.69. The van der Waals surface area contributed by atoms with Crippen molar-refractivity contribution in [1.29, 1.82) is 0 Å². The maximum absolute atomic E-state index is 12.2. The number of rotatable bonds is 14. The average Bonchev–Trinajstić information content (AvgIpc) is 3.04. The Morgan fingerprint density at radius 2 is 0.889 bits per heavy atom. The van der Waals surface area contributed by atoms with Crippen molar-refractivity contribution in [2.24, 2.45) is 54.1 Å². The molecule has 1 aromatic rings. The lowest BCUT2D eigenvalue weighted by Gasteiger charge is -2.72. The first-order valence-electron chi connectivity index (χ1n) is 21.6. The molecule has 0 aromatic heterocycles. The highest BCUT2D eigenvalue weighted by atomic mass is 28.3. The third-order valence-electron chi connectivity index (χ3n) is 21.6. The van der Waals surface area contributed by atoms with E-state index in [4.69, 9.17) is 0 Å². The third-order valence-corrected chi connectivity index (χ3v) is 26.1. The smallest absolute Gasteiger partial charge is 0.138 e. The van der Waals surface area contributed by atoms with Crippen LogP contribution in [-0.4, -0.2) is 31.8 Å². The largest absolute Gasteiger partial charge is 0.300 e. The standard InChI is InChI=1S/C51H91NOSi/c1-26-41(2,3)42(4,5)43(6,7)44(8,9)45(10,11)46(12,13)47(14,15)48(16,17)49(18,19)50(20,21)51(22,23)54(24,25)37-34-40(38-30-28-27-29-31-38)52-35-32-39(53)33-36-52/h27-31,40H,26,32-33,35-36H2,1-25H3. The molecule has 0 N–H and O–H groups in total. The summed E-state index contributed by atoms with van der Waals surface area (Å²) in [6.45, 7) is 65.4. The minimum absolute atomic E-state index is 0.00710. The summed E-state index contributed by atoms with van der Waals surface area (Å²) in [6.07, 6.45) is 2.41. The van der Waals surface area contributed by atoms with E-state index in [0.717, 1.165) is 19.5 Å². The van der Waals surface area contributed by atoms with Crippen LogP contribution in [0.1, 0.15) is 190 Å². The fourth-order valence-corrected chi connectivity index (χ4v) is 13.5. The fraction of sp³-hybridized carbons (Fsp3) is 0.824. The monoisotopic (exact) mass is 762 g/mol. The van der Waals surface area contributed by atoms with Gasteiger partial charge in [0.25, 0.3) is 0 Å². The summed E-state index contributed by atoms with van der Waals surface area (Å²) >= 11 is 0. The molecule has 2 rings (SSSR count). The predicted octanol–water partition coefficient (Wildman–Crippen LogP) is 15.1. The van der Waals surface area contributed by atoms with E-state index < -0.39 is 8.07 Å². The third kappa shape index (κ3) is 7.09. The molecule has 0 amide bonds. The van der Waals surface area contributed by atoms with Crippen molar-refractivity contribution in [3.05, 3.63) is 35.9 Å². The van der Waals surface area contributed by atoms with Crippen molar-refractivity contribution in [2.45, 2.75) is 203 Å². The normalized spacial score (nSPS) is 18.0. The number of hydrogen-bond acceptors (Lipinski definition) is 2. The van der Waals surface area contributed by atoms with E-state index in [-0.39, 0.29) is 65.2 Å². The van der Waals surface area contributed by atoms with Crippen LogP contribution in [0, 0.1) is 65.6 Å². The van der Waals surface area contributed by atoms with Gasteiger partial charge in [-0.3, -0.25) is 9.69 Å². The van der Waals surface area contributed by atoms with Crippen LogP contribution in [0.4, 0.5) is 0 Å². The van der Waals surface area contributed by atoms with E-state index in [9.17, 15) is 4.79 Å². The number of carbonyl (C=O) groups is 1. The van der Waals surface area contributed by atoms with Crippen LogP contribution in [-0.2, 0) is 4.79 Å². The fourth-order valence-electron chi connectivity index (χ4n) is 10.8. The summed E-state index contributed by atoms with van der Waals surface area (Å²) in [7, 11) is -2.22. The Morgan fingerprint density at radius 3 is 1.24 bits per heavy atom. The number of piperidine rings is 1. The summed E-state index contributed by atoms with van der Waals surface area (Å²) in [5.74, 6) is 4.26. The molecule has 1 fully saturated rings. The van der Waals surface area contributed by atoms with Crippen molar-refractivity contribution < 1.29 is 4.79 Å². The molecule has 1 saturated heterocycles. The maximum atomic E-state index is 12.2. The lowest BCUT2D eigenvalue weighted by Crippen LogP contribution is -2.66. The molecule has 0 spiro atoms. The number of ketones is 1. The quantitative estimate of drug-likeness (QED) is 0.139. The zero-order valence-corrected chi connectivity index (χ0v) is 41.9. The molecule has 1 aliphatic heterocycles. The molecule has 0 saturated carbocycles. The van der Waals surface area contributed by atoms with E-state index >= 15 is 0 Å². The molecule has 0 bridgehead atoms. The Kier molecular flexibility index (Phi) is 13.3. The van der Waals surface area contributed by atoms with Gasteiger partial charge >= 0.3 is 0 Å². The van der Waals surface area contributed by atoms with Gasteiger partial charge < -0.3 is 0 Å². The first-order chi connectivity index (χ1) is 23.8. The van der Waals surface area contributed by atoms with Crippen molar-refractivity contribution in [1.82, 2.24) is 4.90 Å². The maximum Gasteiger partial charge on any atom is 0.138 e. The molecule has 0 radical (unpaired) electrons. The molecule has 0 aliphatic carbocycles. The van der Waals surface area contributed by atoms with Crippen LogP contribution in [0.15, 0.2) is 30.3 Å². The van der Waals surface area contributed by atoms with Gasteiger partial charge in [-0.25, -0.2) is 0 Å². The van der Waals surface area contributed by atoms with Crippen LogP contribution in [0.25, 0.3) is 0 Å². The zero-order valence-electron chi connectivity index (χ0n) is 40.9. The average molecular weight is 762 g/mol. The van der Waals surface area contributed by atoms with E-state index in [0.29, 0.717) is 18.6 Å². The minimum Gasteiger partial charge on any atom is -0.300 e. The van der Waals surface area contributed by atoms with Crippen LogP contribution in [0.2, 0.25) is 18.1 Å². The second kappa shape index (κ2) is 14.8. The summed E-state index contributed by atoms with van der Waals surface area (Å²) in [5, 5.41) is -0.0281. The highest BCUT2D eigenvalue weighted by Crippen LogP contribution is 2.76. The van der Waals surface area contributed by atoms with Gasteiger partial charge in [0.1, 0.15) is 13.9 Å². The lowest BCUT2D eigenvalue weighted by atomic mass is 9.33. The number of benzene rings is 1.